The van der Waals surface area contributed by atoms with E-state index in [9.17, 15) is 9.59 Å². The number of amides is 2. The third kappa shape index (κ3) is 4.18. The quantitative estimate of drug-likeness (QED) is 0.902. The molecule has 128 valence electrons. The summed E-state index contributed by atoms with van der Waals surface area (Å²) in [6.45, 7) is 9.21. The first-order chi connectivity index (χ1) is 11.2. The van der Waals surface area contributed by atoms with Gasteiger partial charge in [0.15, 0.2) is 0 Å². The highest BCUT2D eigenvalue weighted by molar-refractivity contribution is 5.96. The van der Waals surface area contributed by atoms with Gasteiger partial charge in [0, 0.05) is 16.8 Å². The van der Waals surface area contributed by atoms with Crippen molar-refractivity contribution in [2.45, 2.75) is 40.7 Å². The molecule has 0 saturated heterocycles. The normalized spacial score (nSPS) is 12.5. The molecule has 2 N–H and O–H groups in total. The second-order valence-electron chi connectivity index (χ2n) is 6.77. The molecular formula is C17H23N5O2. The van der Waals surface area contributed by atoms with E-state index in [1.165, 1.54) is 17.3 Å². The number of carbonyl (C=O) groups is 2. The van der Waals surface area contributed by atoms with Gasteiger partial charge in [0.25, 0.3) is 0 Å². The maximum absolute atomic E-state index is 12.2. The van der Waals surface area contributed by atoms with Crippen LogP contribution in [-0.4, -0.2) is 26.6 Å². The fourth-order valence-corrected chi connectivity index (χ4v) is 1.98. The van der Waals surface area contributed by atoms with E-state index < -0.39 is 11.5 Å². The van der Waals surface area contributed by atoms with Crippen molar-refractivity contribution < 1.29 is 9.59 Å². The summed E-state index contributed by atoms with van der Waals surface area (Å²) in [6, 6.07) is 4.91. The van der Waals surface area contributed by atoms with Crippen molar-refractivity contribution in [1.29, 1.82) is 0 Å². The van der Waals surface area contributed by atoms with Crippen molar-refractivity contribution in [2.24, 2.45) is 5.41 Å². The minimum atomic E-state index is -0.466. The molecule has 0 radical (unpaired) electrons. The molecule has 0 saturated carbocycles. The molecule has 0 aliphatic heterocycles. The van der Waals surface area contributed by atoms with E-state index in [1.54, 1.807) is 19.1 Å². The zero-order valence-electron chi connectivity index (χ0n) is 14.6. The summed E-state index contributed by atoms with van der Waals surface area (Å²) in [5.41, 5.74) is 1.81. The number of hydrogen-bond donors (Lipinski definition) is 2. The number of nitrogens with one attached hydrogen (secondary N) is 2. The van der Waals surface area contributed by atoms with Crippen LogP contribution in [0.5, 0.6) is 0 Å². The van der Waals surface area contributed by atoms with Gasteiger partial charge in [-0.25, -0.2) is 9.67 Å². The van der Waals surface area contributed by atoms with E-state index in [0.29, 0.717) is 5.69 Å². The Morgan fingerprint density at radius 2 is 1.92 bits per heavy atom. The topological polar surface area (TPSA) is 88.9 Å². The van der Waals surface area contributed by atoms with Gasteiger partial charge in [-0.3, -0.25) is 9.59 Å². The Kier molecular flexibility index (Phi) is 5.02. The van der Waals surface area contributed by atoms with Gasteiger partial charge < -0.3 is 10.6 Å². The van der Waals surface area contributed by atoms with Crippen LogP contribution in [0.2, 0.25) is 0 Å². The molecule has 2 rings (SSSR count). The predicted octanol–water partition coefficient (Wildman–Crippen LogP) is 2.77. The van der Waals surface area contributed by atoms with Gasteiger partial charge in [0.05, 0.1) is 0 Å². The molecule has 1 aromatic carbocycles. The summed E-state index contributed by atoms with van der Waals surface area (Å²) in [5, 5.41) is 9.71. The molecule has 0 unspecified atom stereocenters. The molecule has 7 nitrogen and oxygen atoms in total. The molecule has 0 aliphatic carbocycles. The molecule has 1 aromatic heterocycles. The molecule has 0 spiro atoms. The van der Waals surface area contributed by atoms with Crippen LogP contribution in [0, 0.1) is 12.3 Å². The van der Waals surface area contributed by atoms with Gasteiger partial charge in [-0.15, -0.1) is 0 Å². The number of rotatable bonds is 4. The predicted molar refractivity (Wildman–Crippen MR) is 92.6 cm³/mol. The van der Waals surface area contributed by atoms with Crippen LogP contribution in [0.4, 0.5) is 11.4 Å². The Balaban J connectivity index is 2.07. The average Bonchev–Trinajstić information content (AvgIpc) is 3.02. The molecule has 2 aromatic rings. The summed E-state index contributed by atoms with van der Waals surface area (Å²) >= 11 is 0. The first-order valence-electron chi connectivity index (χ1n) is 7.75. The van der Waals surface area contributed by atoms with Crippen LogP contribution in [-0.2, 0) is 9.59 Å². The number of hydrogen-bond acceptors (Lipinski definition) is 4. The van der Waals surface area contributed by atoms with Gasteiger partial charge >= 0.3 is 0 Å². The molecule has 0 fully saturated rings. The largest absolute Gasteiger partial charge is 0.325 e. The second-order valence-corrected chi connectivity index (χ2v) is 6.77. The standard InChI is InChI=1S/C17H23N5O2/c1-11-8-13(6-7-14(11)21-16(24)17(3,4)5)20-15(23)12(2)22-10-18-9-19-22/h6-10,12H,1-5H3,(H,20,23)(H,21,24)/t12-/m1/s1. The molecular weight excluding hydrogens is 306 g/mol. The fourth-order valence-electron chi connectivity index (χ4n) is 1.98. The zero-order valence-corrected chi connectivity index (χ0v) is 14.6. The van der Waals surface area contributed by atoms with Gasteiger partial charge in [0.2, 0.25) is 11.8 Å². The summed E-state index contributed by atoms with van der Waals surface area (Å²) < 4.78 is 1.49. The maximum Gasteiger partial charge on any atom is 0.249 e. The Bertz CT molecular complexity index is 732. The smallest absolute Gasteiger partial charge is 0.249 e. The lowest BCUT2D eigenvalue weighted by Gasteiger charge is -2.19. The van der Waals surface area contributed by atoms with Gasteiger partial charge in [-0.2, -0.15) is 5.10 Å². The zero-order chi connectivity index (χ0) is 17.9. The molecule has 2 amide bonds. The highest BCUT2D eigenvalue weighted by atomic mass is 16.2. The van der Waals surface area contributed by atoms with Crippen molar-refractivity contribution in [2.75, 3.05) is 10.6 Å². The van der Waals surface area contributed by atoms with Gasteiger partial charge in [-0.05, 0) is 37.6 Å². The van der Waals surface area contributed by atoms with E-state index in [2.05, 4.69) is 20.7 Å². The van der Waals surface area contributed by atoms with Gasteiger partial charge in [-0.1, -0.05) is 20.8 Å². The van der Waals surface area contributed by atoms with E-state index in [1.807, 2.05) is 33.8 Å². The lowest BCUT2D eigenvalue weighted by Crippen LogP contribution is -2.28. The number of nitrogens with zero attached hydrogens (tertiary/aromatic N) is 3. The third-order valence-corrected chi connectivity index (χ3v) is 3.64. The Labute approximate surface area is 141 Å². The van der Waals surface area contributed by atoms with Crippen molar-refractivity contribution >= 4 is 23.2 Å². The number of anilines is 2. The first kappa shape index (κ1) is 17.7. The Morgan fingerprint density at radius 1 is 1.21 bits per heavy atom. The SMILES string of the molecule is Cc1cc(NC(=O)[C@@H](C)n2cncn2)ccc1NC(=O)C(C)(C)C. The van der Waals surface area contributed by atoms with Crippen LogP contribution in [0.1, 0.15) is 39.3 Å². The molecule has 1 atom stereocenters. The molecule has 1 heterocycles. The monoisotopic (exact) mass is 329 g/mol. The lowest BCUT2D eigenvalue weighted by atomic mass is 9.95. The van der Waals surface area contributed by atoms with Gasteiger partial charge in [0.1, 0.15) is 18.7 Å². The second kappa shape index (κ2) is 6.82. The van der Waals surface area contributed by atoms with Crippen LogP contribution in [0.25, 0.3) is 0 Å². The Hall–Kier alpha value is -2.70. The highest BCUT2D eigenvalue weighted by Crippen LogP contribution is 2.23. The summed E-state index contributed by atoms with van der Waals surface area (Å²) in [6.07, 6.45) is 2.89. The Morgan fingerprint density at radius 3 is 2.46 bits per heavy atom. The van der Waals surface area contributed by atoms with Crippen LogP contribution in [0.3, 0.4) is 0 Å². The van der Waals surface area contributed by atoms with E-state index in [0.717, 1.165) is 11.3 Å². The van der Waals surface area contributed by atoms with Crippen molar-refractivity contribution in [1.82, 2.24) is 14.8 Å². The fraction of sp³-hybridized carbons (Fsp3) is 0.412. The van der Waals surface area contributed by atoms with E-state index in [-0.39, 0.29) is 11.8 Å². The van der Waals surface area contributed by atoms with E-state index in [4.69, 9.17) is 0 Å². The average molecular weight is 329 g/mol. The molecule has 0 aliphatic rings. The minimum Gasteiger partial charge on any atom is -0.325 e. The number of benzene rings is 1. The number of carbonyl (C=O) groups excluding carboxylic acids is 2. The number of aromatic nitrogens is 3. The number of aryl methyl sites for hydroxylation is 1. The van der Waals surface area contributed by atoms with Crippen molar-refractivity contribution in [3.8, 4) is 0 Å². The van der Waals surface area contributed by atoms with E-state index >= 15 is 0 Å². The lowest BCUT2D eigenvalue weighted by molar-refractivity contribution is -0.123. The summed E-state index contributed by atoms with van der Waals surface area (Å²) in [4.78, 5) is 28.2. The van der Waals surface area contributed by atoms with Crippen molar-refractivity contribution in [3.05, 3.63) is 36.4 Å². The molecule has 0 bridgehead atoms. The highest BCUT2D eigenvalue weighted by Gasteiger charge is 2.22. The summed E-state index contributed by atoms with van der Waals surface area (Å²) in [5.74, 6) is -0.242. The maximum atomic E-state index is 12.2. The minimum absolute atomic E-state index is 0.0535. The summed E-state index contributed by atoms with van der Waals surface area (Å²) in [7, 11) is 0. The first-order valence-corrected chi connectivity index (χ1v) is 7.75. The van der Waals surface area contributed by atoms with Crippen molar-refractivity contribution in [3.63, 3.8) is 0 Å². The third-order valence-electron chi connectivity index (χ3n) is 3.64. The van der Waals surface area contributed by atoms with Crippen LogP contribution in [0.15, 0.2) is 30.9 Å². The molecule has 7 heteroatoms. The van der Waals surface area contributed by atoms with Crippen LogP contribution >= 0.6 is 0 Å². The molecule has 24 heavy (non-hydrogen) atoms. The van der Waals surface area contributed by atoms with Crippen LogP contribution < -0.4 is 10.6 Å².